The van der Waals surface area contributed by atoms with Gasteiger partial charge >= 0.3 is 0 Å². The molecule has 8 heteroatoms. The fourth-order valence-corrected chi connectivity index (χ4v) is 3.13. The molecule has 0 atom stereocenters. The molecule has 3 rings (SSSR count). The number of benzene rings is 3. The van der Waals surface area contributed by atoms with Crippen LogP contribution in [0.3, 0.4) is 0 Å². The van der Waals surface area contributed by atoms with E-state index < -0.39 is 11.8 Å². The largest absolute Gasteiger partial charge is 0.490 e. The Hall–Kier alpha value is -4.33. The second kappa shape index (κ2) is 13.4. The summed E-state index contributed by atoms with van der Waals surface area (Å²) in [6.07, 6.45) is 2.22. The van der Waals surface area contributed by atoms with Crippen molar-refractivity contribution in [1.82, 2.24) is 10.9 Å². The second-order valence-corrected chi connectivity index (χ2v) is 7.64. The number of unbranched alkanes of at least 4 members (excludes halogenated alkanes) is 1. The maximum atomic E-state index is 12.6. The Balaban J connectivity index is 1.48. The van der Waals surface area contributed by atoms with Crippen LogP contribution in [0.25, 0.3) is 0 Å². The van der Waals surface area contributed by atoms with E-state index in [9.17, 15) is 14.4 Å². The SMILES string of the molecule is CCCCC(=O)Nc1ccc(C(=O)NNC(=O)c2ccccc2OCCOc2ccccc2)cc1. The van der Waals surface area contributed by atoms with Crippen LogP contribution in [0.5, 0.6) is 11.5 Å². The first kappa shape index (κ1) is 25.3. The van der Waals surface area contributed by atoms with Crippen LogP contribution in [-0.2, 0) is 4.79 Å². The Kier molecular flexibility index (Phi) is 9.68. The number of carbonyl (C=O) groups excluding carboxylic acids is 3. The van der Waals surface area contributed by atoms with Gasteiger partial charge in [-0.3, -0.25) is 25.2 Å². The van der Waals surface area contributed by atoms with Gasteiger partial charge in [-0.15, -0.1) is 0 Å². The maximum absolute atomic E-state index is 12.6. The van der Waals surface area contributed by atoms with Gasteiger partial charge in [0.2, 0.25) is 5.91 Å². The molecule has 0 radical (unpaired) electrons. The summed E-state index contributed by atoms with van der Waals surface area (Å²) in [5.41, 5.74) is 6.01. The van der Waals surface area contributed by atoms with Gasteiger partial charge in [0.1, 0.15) is 24.7 Å². The highest BCUT2D eigenvalue weighted by Gasteiger charge is 2.14. The number of para-hydroxylation sites is 2. The van der Waals surface area contributed by atoms with Gasteiger partial charge in [0.05, 0.1) is 5.56 Å². The summed E-state index contributed by atoms with van der Waals surface area (Å²) in [4.78, 5) is 36.9. The number of amides is 3. The summed E-state index contributed by atoms with van der Waals surface area (Å²) in [7, 11) is 0. The fraction of sp³-hybridized carbons (Fsp3) is 0.222. The van der Waals surface area contributed by atoms with E-state index in [0.717, 1.165) is 18.6 Å². The molecule has 3 N–H and O–H groups in total. The number of hydrogen-bond acceptors (Lipinski definition) is 5. The van der Waals surface area contributed by atoms with Crippen molar-refractivity contribution in [2.45, 2.75) is 26.2 Å². The molecule has 0 spiro atoms. The summed E-state index contributed by atoms with van der Waals surface area (Å²) < 4.78 is 11.3. The lowest BCUT2D eigenvalue weighted by atomic mass is 10.2. The first-order chi connectivity index (χ1) is 17.1. The molecule has 3 aromatic carbocycles. The van der Waals surface area contributed by atoms with Crippen molar-refractivity contribution in [1.29, 1.82) is 0 Å². The van der Waals surface area contributed by atoms with Crippen LogP contribution in [0.15, 0.2) is 78.9 Å². The van der Waals surface area contributed by atoms with Crippen molar-refractivity contribution < 1.29 is 23.9 Å². The number of anilines is 1. The zero-order valence-electron chi connectivity index (χ0n) is 19.6. The summed E-state index contributed by atoms with van der Waals surface area (Å²) in [6.45, 7) is 2.58. The zero-order chi connectivity index (χ0) is 24.9. The highest BCUT2D eigenvalue weighted by atomic mass is 16.5. The van der Waals surface area contributed by atoms with E-state index in [1.54, 1.807) is 48.5 Å². The molecule has 3 amide bonds. The van der Waals surface area contributed by atoms with Gasteiger partial charge in [-0.25, -0.2) is 0 Å². The smallest absolute Gasteiger partial charge is 0.273 e. The fourth-order valence-electron chi connectivity index (χ4n) is 3.13. The normalized spacial score (nSPS) is 10.2. The van der Waals surface area contributed by atoms with E-state index in [1.807, 2.05) is 37.3 Å². The minimum absolute atomic E-state index is 0.0659. The van der Waals surface area contributed by atoms with Crippen molar-refractivity contribution in [2.24, 2.45) is 0 Å². The first-order valence-electron chi connectivity index (χ1n) is 11.5. The summed E-state index contributed by atoms with van der Waals surface area (Å²) in [5, 5.41) is 2.79. The minimum atomic E-state index is -0.516. The lowest BCUT2D eigenvalue weighted by molar-refractivity contribution is -0.116. The highest BCUT2D eigenvalue weighted by molar-refractivity contribution is 6.00. The van der Waals surface area contributed by atoms with E-state index in [0.29, 0.717) is 30.0 Å². The van der Waals surface area contributed by atoms with Gasteiger partial charge in [0.15, 0.2) is 0 Å². The Morgan fingerprint density at radius 2 is 1.40 bits per heavy atom. The number of rotatable bonds is 11. The second-order valence-electron chi connectivity index (χ2n) is 7.64. The van der Waals surface area contributed by atoms with Gasteiger partial charge in [-0.05, 0) is 55.0 Å². The quantitative estimate of drug-likeness (QED) is 0.282. The molecule has 0 heterocycles. The third-order valence-corrected chi connectivity index (χ3v) is 4.96. The molecule has 0 saturated heterocycles. The number of nitrogens with one attached hydrogen (secondary N) is 3. The van der Waals surface area contributed by atoms with E-state index in [-0.39, 0.29) is 18.1 Å². The van der Waals surface area contributed by atoms with E-state index in [1.165, 1.54) is 0 Å². The number of hydrogen-bond donors (Lipinski definition) is 3. The Morgan fingerprint density at radius 1 is 0.743 bits per heavy atom. The van der Waals surface area contributed by atoms with Crippen molar-refractivity contribution in [3.63, 3.8) is 0 Å². The Labute approximate surface area is 204 Å². The molecule has 3 aromatic rings. The van der Waals surface area contributed by atoms with Crippen molar-refractivity contribution in [3.05, 3.63) is 90.0 Å². The Bertz CT molecular complexity index is 1120. The molecule has 35 heavy (non-hydrogen) atoms. The van der Waals surface area contributed by atoms with Gasteiger partial charge in [0, 0.05) is 17.7 Å². The average molecular weight is 476 g/mol. The molecule has 0 saturated carbocycles. The predicted octanol–water partition coefficient (Wildman–Crippen LogP) is 4.35. The molecular weight excluding hydrogens is 446 g/mol. The van der Waals surface area contributed by atoms with Crippen LogP contribution in [0.1, 0.15) is 46.9 Å². The van der Waals surface area contributed by atoms with Gasteiger partial charge in [-0.1, -0.05) is 43.7 Å². The molecule has 0 aliphatic rings. The summed E-state index contributed by atoms with van der Waals surface area (Å²) in [6, 6.07) is 22.5. The summed E-state index contributed by atoms with van der Waals surface area (Å²) in [5.74, 6) is 0.0363. The molecule has 0 aliphatic heterocycles. The lowest BCUT2D eigenvalue weighted by Crippen LogP contribution is -2.41. The van der Waals surface area contributed by atoms with E-state index >= 15 is 0 Å². The van der Waals surface area contributed by atoms with Crippen LogP contribution < -0.4 is 25.6 Å². The number of hydrazine groups is 1. The molecule has 0 fully saturated rings. The maximum Gasteiger partial charge on any atom is 0.273 e. The third kappa shape index (κ3) is 8.19. The van der Waals surface area contributed by atoms with E-state index in [2.05, 4.69) is 16.2 Å². The molecule has 0 aliphatic carbocycles. The topological polar surface area (TPSA) is 106 Å². The van der Waals surface area contributed by atoms with Crippen LogP contribution in [-0.4, -0.2) is 30.9 Å². The standard InChI is InChI=1S/C27H29N3O5/c1-2-3-13-25(31)28-21-16-14-20(15-17-21)26(32)29-30-27(33)23-11-7-8-12-24(23)35-19-18-34-22-9-5-4-6-10-22/h4-12,14-17H,2-3,13,18-19H2,1H3,(H,28,31)(H,29,32)(H,30,33). The zero-order valence-corrected chi connectivity index (χ0v) is 19.6. The summed E-state index contributed by atoms with van der Waals surface area (Å²) >= 11 is 0. The van der Waals surface area contributed by atoms with Crippen LogP contribution in [0, 0.1) is 0 Å². The van der Waals surface area contributed by atoms with Gasteiger partial charge in [0.25, 0.3) is 11.8 Å². The van der Waals surface area contributed by atoms with Crippen molar-refractivity contribution in [3.8, 4) is 11.5 Å². The molecule has 0 aromatic heterocycles. The van der Waals surface area contributed by atoms with Crippen LogP contribution in [0.4, 0.5) is 5.69 Å². The van der Waals surface area contributed by atoms with Crippen molar-refractivity contribution >= 4 is 23.4 Å². The third-order valence-electron chi connectivity index (χ3n) is 4.96. The average Bonchev–Trinajstić information content (AvgIpc) is 2.89. The monoisotopic (exact) mass is 475 g/mol. The predicted molar refractivity (Wildman–Crippen MR) is 133 cm³/mol. The lowest BCUT2D eigenvalue weighted by Gasteiger charge is -2.13. The molecule has 8 nitrogen and oxygen atoms in total. The van der Waals surface area contributed by atoms with Crippen molar-refractivity contribution in [2.75, 3.05) is 18.5 Å². The van der Waals surface area contributed by atoms with Gasteiger partial charge < -0.3 is 14.8 Å². The Morgan fingerprint density at radius 3 is 2.14 bits per heavy atom. The first-order valence-corrected chi connectivity index (χ1v) is 11.5. The van der Waals surface area contributed by atoms with E-state index in [4.69, 9.17) is 9.47 Å². The minimum Gasteiger partial charge on any atom is -0.490 e. The molecule has 0 unspecified atom stereocenters. The molecule has 0 bridgehead atoms. The molecular formula is C27H29N3O5. The highest BCUT2D eigenvalue weighted by Crippen LogP contribution is 2.18. The number of carbonyl (C=O) groups is 3. The van der Waals surface area contributed by atoms with Crippen LogP contribution >= 0.6 is 0 Å². The molecule has 182 valence electrons. The van der Waals surface area contributed by atoms with Gasteiger partial charge in [-0.2, -0.15) is 0 Å². The van der Waals surface area contributed by atoms with Crippen LogP contribution in [0.2, 0.25) is 0 Å². The number of ether oxygens (including phenoxy) is 2.